The fraction of sp³-hybridized carbons (Fsp3) is 0.407. The Morgan fingerprint density at radius 1 is 1.22 bits per heavy atom. The molecule has 192 valence electrons. The zero-order chi connectivity index (χ0) is 25.5. The minimum absolute atomic E-state index is 0.0983. The number of piperazine rings is 1. The van der Waals surface area contributed by atoms with E-state index in [4.69, 9.17) is 9.72 Å². The van der Waals surface area contributed by atoms with E-state index >= 15 is 0 Å². The van der Waals surface area contributed by atoms with Crippen LogP contribution in [0.1, 0.15) is 43.0 Å². The molecule has 3 heterocycles. The molecular weight excluding hydrogens is 473 g/mol. The van der Waals surface area contributed by atoms with E-state index in [0.717, 1.165) is 56.4 Å². The van der Waals surface area contributed by atoms with Gasteiger partial charge in [-0.3, -0.25) is 9.48 Å². The third kappa shape index (κ3) is 4.69. The lowest BCUT2D eigenvalue weighted by molar-refractivity contribution is 0.102. The molecule has 6 rings (SSSR count). The number of hydrogen-bond donors (Lipinski definition) is 2. The highest BCUT2D eigenvalue weighted by atomic mass is 19.1. The highest BCUT2D eigenvalue weighted by Gasteiger charge is 2.23. The van der Waals surface area contributed by atoms with E-state index in [1.807, 2.05) is 6.07 Å². The number of aryl methyl sites for hydroxylation is 1. The molecule has 9 nitrogen and oxygen atoms in total. The molecule has 2 aromatic heterocycles. The number of fused-ring (bicyclic) bond motifs is 2. The summed E-state index contributed by atoms with van der Waals surface area (Å²) in [6.45, 7) is 4.70. The van der Waals surface area contributed by atoms with Crippen molar-refractivity contribution in [1.82, 2.24) is 25.1 Å². The second-order valence-electron chi connectivity index (χ2n) is 10.0. The van der Waals surface area contributed by atoms with E-state index in [0.29, 0.717) is 28.2 Å². The van der Waals surface area contributed by atoms with Gasteiger partial charge in [-0.15, -0.1) is 0 Å². The maximum atomic E-state index is 14.6. The van der Waals surface area contributed by atoms with Crippen molar-refractivity contribution in [3.05, 3.63) is 48.0 Å². The lowest BCUT2D eigenvalue weighted by Gasteiger charge is -2.34. The second kappa shape index (κ2) is 9.59. The molecule has 2 N–H and O–H groups in total. The van der Waals surface area contributed by atoms with Crippen LogP contribution in [0.15, 0.2) is 36.7 Å². The maximum Gasteiger partial charge on any atom is 0.317 e. The Kier molecular flexibility index (Phi) is 6.11. The zero-order valence-corrected chi connectivity index (χ0v) is 21.0. The SMILES string of the molecule is C[C@@H]1CN(c2ccc(C(=O)Nc3cc(F)c4nn(C)cc4c3)c3nc(OC4CCCC4)ncc23)CCN1. The van der Waals surface area contributed by atoms with Gasteiger partial charge in [-0.05, 0) is 56.9 Å². The topological polar surface area (TPSA) is 97.2 Å². The van der Waals surface area contributed by atoms with E-state index in [9.17, 15) is 9.18 Å². The number of carbonyl (C=O) groups excluding carboxylic acids is 1. The lowest BCUT2D eigenvalue weighted by Crippen LogP contribution is -2.49. The first kappa shape index (κ1) is 23.6. The standard InChI is InChI=1S/C27H30FN7O2/c1-16-14-35(10-9-29-16)23-8-7-20(25-21(23)13-30-27(32-25)37-19-5-3-4-6-19)26(36)31-18-11-17-15-34(2)33-24(17)22(28)12-18/h7-8,11-13,15-16,19,29H,3-6,9-10,14H2,1-2H3,(H,31,36)/t16-/m1/s1. The molecule has 2 aromatic carbocycles. The van der Waals surface area contributed by atoms with Crippen molar-refractivity contribution >= 4 is 39.1 Å². The van der Waals surface area contributed by atoms with E-state index < -0.39 is 5.82 Å². The Hall–Kier alpha value is -3.79. The molecule has 2 fully saturated rings. The number of ether oxygens (including phenoxy) is 1. The van der Waals surface area contributed by atoms with Gasteiger partial charge in [0, 0.05) is 67.3 Å². The van der Waals surface area contributed by atoms with E-state index in [1.165, 1.54) is 6.07 Å². The van der Waals surface area contributed by atoms with Crippen LogP contribution in [0.25, 0.3) is 21.8 Å². The molecule has 1 aliphatic carbocycles. The number of rotatable bonds is 5. The van der Waals surface area contributed by atoms with Gasteiger partial charge in [0.1, 0.15) is 11.6 Å². The average Bonchev–Trinajstić information content (AvgIpc) is 3.52. The fourth-order valence-corrected chi connectivity index (χ4v) is 5.39. The van der Waals surface area contributed by atoms with Crippen molar-refractivity contribution in [2.45, 2.75) is 44.8 Å². The number of aromatic nitrogens is 4. The molecular formula is C27H30FN7O2. The molecule has 0 unspecified atom stereocenters. The minimum Gasteiger partial charge on any atom is -0.460 e. The monoisotopic (exact) mass is 503 g/mol. The van der Waals surface area contributed by atoms with Crippen LogP contribution >= 0.6 is 0 Å². The molecule has 1 saturated heterocycles. The Bertz CT molecular complexity index is 1480. The van der Waals surface area contributed by atoms with Crippen molar-refractivity contribution in [3.63, 3.8) is 0 Å². The van der Waals surface area contributed by atoms with E-state index in [2.05, 4.69) is 32.5 Å². The Balaban J connectivity index is 1.38. The van der Waals surface area contributed by atoms with E-state index in [1.54, 1.807) is 36.3 Å². The van der Waals surface area contributed by atoms with Crippen molar-refractivity contribution in [1.29, 1.82) is 0 Å². The quantitative estimate of drug-likeness (QED) is 0.424. The molecule has 2 aliphatic rings. The molecule has 1 atom stereocenters. The second-order valence-corrected chi connectivity index (χ2v) is 10.0. The molecule has 4 aromatic rings. The van der Waals surface area contributed by atoms with Crippen molar-refractivity contribution < 1.29 is 13.9 Å². The molecule has 0 spiro atoms. The van der Waals surface area contributed by atoms with Gasteiger partial charge in [0.15, 0.2) is 5.82 Å². The zero-order valence-electron chi connectivity index (χ0n) is 21.0. The largest absolute Gasteiger partial charge is 0.460 e. The predicted octanol–water partition coefficient (Wildman–Crippen LogP) is 4.03. The number of hydrogen-bond acceptors (Lipinski definition) is 7. The number of halogens is 1. The van der Waals surface area contributed by atoms with Crippen LogP contribution < -0.4 is 20.3 Å². The van der Waals surface area contributed by atoms with Crippen LogP contribution in [0.4, 0.5) is 15.8 Å². The first-order valence-electron chi connectivity index (χ1n) is 12.8. The molecule has 0 radical (unpaired) electrons. The molecule has 1 aliphatic heterocycles. The summed E-state index contributed by atoms with van der Waals surface area (Å²) < 4.78 is 22.2. The summed E-state index contributed by atoms with van der Waals surface area (Å²) in [6.07, 6.45) is 7.80. The summed E-state index contributed by atoms with van der Waals surface area (Å²) in [5.74, 6) is -0.866. The van der Waals surface area contributed by atoms with Crippen molar-refractivity contribution in [2.24, 2.45) is 7.05 Å². The van der Waals surface area contributed by atoms with Crippen LogP contribution in [-0.2, 0) is 7.05 Å². The molecule has 0 bridgehead atoms. The first-order valence-corrected chi connectivity index (χ1v) is 12.8. The van der Waals surface area contributed by atoms with Gasteiger partial charge in [0.25, 0.3) is 5.91 Å². The Morgan fingerprint density at radius 3 is 2.86 bits per heavy atom. The van der Waals surface area contributed by atoms with Crippen LogP contribution in [0.3, 0.4) is 0 Å². The lowest BCUT2D eigenvalue weighted by atomic mass is 10.1. The van der Waals surface area contributed by atoms with E-state index in [-0.39, 0.29) is 23.5 Å². The summed E-state index contributed by atoms with van der Waals surface area (Å²) in [7, 11) is 1.73. The van der Waals surface area contributed by atoms with Gasteiger partial charge in [0.2, 0.25) is 0 Å². The maximum absolute atomic E-state index is 14.6. The van der Waals surface area contributed by atoms with Gasteiger partial charge in [-0.25, -0.2) is 9.37 Å². The highest BCUT2D eigenvalue weighted by molar-refractivity contribution is 6.14. The van der Waals surface area contributed by atoms with Crippen LogP contribution in [0.5, 0.6) is 6.01 Å². The molecule has 10 heteroatoms. The van der Waals surface area contributed by atoms with Crippen LogP contribution in [-0.4, -0.2) is 57.4 Å². The predicted molar refractivity (Wildman–Crippen MR) is 141 cm³/mol. The number of nitrogens with zero attached hydrogens (tertiary/aromatic N) is 5. The number of carbonyl (C=O) groups is 1. The van der Waals surface area contributed by atoms with Gasteiger partial charge < -0.3 is 20.3 Å². The smallest absolute Gasteiger partial charge is 0.317 e. The number of benzene rings is 2. The Morgan fingerprint density at radius 2 is 2.05 bits per heavy atom. The van der Waals surface area contributed by atoms with Crippen molar-refractivity contribution in [2.75, 3.05) is 29.9 Å². The minimum atomic E-state index is -0.490. The van der Waals surface area contributed by atoms with Gasteiger partial charge in [-0.2, -0.15) is 10.1 Å². The van der Waals surface area contributed by atoms with Gasteiger partial charge >= 0.3 is 6.01 Å². The first-order chi connectivity index (χ1) is 17.9. The summed E-state index contributed by atoms with van der Waals surface area (Å²) in [5.41, 5.74) is 2.50. The Labute approximate surface area is 214 Å². The molecule has 37 heavy (non-hydrogen) atoms. The summed E-state index contributed by atoms with van der Waals surface area (Å²) in [4.78, 5) is 25.0. The van der Waals surface area contributed by atoms with Crippen LogP contribution in [0, 0.1) is 5.82 Å². The van der Waals surface area contributed by atoms with Crippen molar-refractivity contribution in [3.8, 4) is 6.01 Å². The van der Waals surface area contributed by atoms with Crippen LogP contribution in [0.2, 0.25) is 0 Å². The summed E-state index contributed by atoms with van der Waals surface area (Å²) in [5, 5.41) is 11.8. The number of anilines is 2. The third-order valence-electron chi connectivity index (χ3n) is 7.17. The highest BCUT2D eigenvalue weighted by Crippen LogP contribution is 2.32. The van der Waals surface area contributed by atoms with Gasteiger partial charge in [-0.1, -0.05) is 0 Å². The number of nitrogens with one attached hydrogen (secondary N) is 2. The normalized spacial score (nSPS) is 18.6. The average molecular weight is 504 g/mol. The third-order valence-corrected chi connectivity index (χ3v) is 7.17. The number of amides is 1. The molecule has 1 amide bonds. The summed E-state index contributed by atoms with van der Waals surface area (Å²) in [6, 6.07) is 7.35. The molecule has 1 saturated carbocycles. The fourth-order valence-electron chi connectivity index (χ4n) is 5.39. The summed E-state index contributed by atoms with van der Waals surface area (Å²) >= 11 is 0. The van der Waals surface area contributed by atoms with Gasteiger partial charge in [0.05, 0.1) is 11.1 Å².